The molecule has 18 heavy (non-hydrogen) atoms. The second-order valence-electron chi connectivity index (χ2n) is 4.66. The van der Waals surface area contributed by atoms with E-state index in [4.69, 9.17) is 4.84 Å². The van der Waals surface area contributed by atoms with Gasteiger partial charge in [-0.2, -0.15) is 0 Å². The van der Waals surface area contributed by atoms with Crippen LogP contribution in [0.25, 0.3) is 0 Å². The van der Waals surface area contributed by atoms with Crippen molar-refractivity contribution < 1.29 is 9.63 Å². The number of hydrogen-bond acceptors (Lipinski definition) is 3. The fourth-order valence-corrected chi connectivity index (χ4v) is 1.87. The molecule has 1 atom stereocenters. The van der Waals surface area contributed by atoms with Gasteiger partial charge >= 0.3 is 0 Å². The van der Waals surface area contributed by atoms with E-state index in [2.05, 4.69) is 10.5 Å². The number of hydrogen-bond donors (Lipinski definition) is 1. The Morgan fingerprint density at radius 1 is 1.44 bits per heavy atom. The van der Waals surface area contributed by atoms with Crippen LogP contribution in [0.2, 0.25) is 0 Å². The summed E-state index contributed by atoms with van der Waals surface area (Å²) in [5, 5.41) is 6.89. The molecule has 0 saturated heterocycles. The smallest absolute Gasteiger partial charge is 0.267 e. The van der Waals surface area contributed by atoms with Crippen LogP contribution in [0.15, 0.2) is 35.5 Å². The van der Waals surface area contributed by atoms with E-state index in [0.29, 0.717) is 13.0 Å². The topological polar surface area (TPSA) is 50.7 Å². The Labute approximate surface area is 107 Å². The van der Waals surface area contributed by atoms with Crippen molar-refractivity contribution in [3.05, 3.63) is 35.9 Å². The molecule has 1 aromatic rings. The average Bonchev–Trinajstić information content (AvgIpc) is 2.81. The lowest BCUT2D eigenvalue weighted by Crippen LogP contribution is -2.44. The van der Waals surface area contributed by atoms with Crippen molar-refractivity contribution in [1.82, 2.24) is 5.32 Å². The normalized spacial score (nSPS) is 22.2. The number of nitrogens with one attached hydrogen (secondary N) is 1. The highest BCUT2D eigenvalue weighted by Crippen LogP contribution is 2.26. The lowest BCUT2D eigenvalue weighted by atomic mass is 9.95. The number of oxime groups is 1. The largest absolute Gasteiger partial charge is 0.379 e. The van der Waals surface area contributed by atoms with Gasteiger partial charge < -0.3 is 10.2 Å². The first-order valence-corrected chi connectivity index (χ1v) is 6.24. The van der Waals surface area contributed by atoms with Gasteiger partial charge in [0, 0.05) is 13.0 Å². The number of carbonyl (C=O) groups excluding carboxylic acids is 1. The highest BCUT2D eigenvalue weighted by Gasteiger charge is 2.41. The van der Waals surface area contributed by atoms with Gasteiger partial charge in [-0.15, -0.1) is 0 Å². The molecule has 0 unspecified atom stereocenters. The van der Waals surface area contributed by atoms with Crippen LogP contribution in [0.1, 0.15) is 32.3 Å². The summed E-state index contributed by atoms with van der Waals surface area (Å²) in [5.41, 5.74) is 0.953. The number of rotatable bonds is 4. The molecule has 0 saturated carbocycles. The predicted octanol–water partition coefficient (Wildman–Crippen LogP) is 2.10. The van der Waals surface area contributed by atoms with E-state index in [1.165, 1.54) is 0 Å². The van der Waals surface area contributed by atoms with E-state index >= 15 is 0 Å². The van der Waals surface area contributed by atoms with Gasteiger partial charge in [-0.05, 0) is 18.9 Å². The summed E-state index contributed by atoms with van der Waals surface area (Å²) >= 11 is 0. The predicted molar refractivity (Wildman–Crippen MR) is 70.4 cm³/mol. The van der Waals surface area contributed by atoms with Crippen molar-refractivity contribution >= 4 is 11.6 Å². The first-order valence-electron chi connectivity index (χ1n) is 6.24. The first kappa shape index (κ1) is 12.6. The Balaban J connectivity index is 2.04. The van der Waals surface area contributed by atoms with Gasteiger partial charge in [0.2, 0.25) is 5.60 Å². The van der Waals surface area contributed by atoms with E-state index in [1.807, 2.05) is 37.3 Å². The summed E-state index contributed by atoms with van der Waals surface area (Å²) < 4.78 is 0. The third-order valence-corrected chi connectivity index (χ3v) is 2.98. The molecule has 0 aromatic heterocycles. The van der Waals surface area contributed by atoms with E-state index in [9.17, 15) is 4.79 Å². The van der Waals surface area contributed by atoms with Gasteiger partial charge in [-0.3, -0.25) is 4.79 Å². The third-order valence-electron chi connectivity index (χ3n) is 2.98. The Morgan fingerprint density at radius 3 is 2.83 bits per heavy atom. The highest BCUT2D eigenvalue weighted by molar-refractivity contribution is 6.05. The average molecular weight is 246 g/mol. The maximum absolute atomic E-state index is 12.0. The first-order chi connectivity index (χ1) is 8.65. The summed E-state index contributed by atoms with van der Waals surface area (Å²) in [6.45, 7) is 4.46. The van der Waals surface area contributed by atoms with E-state index in [1.54, 1.807) is 6.92 Å². The number of carbonyl (C=O) groups is 1. The van der Waals surface area contributed by atoms with Crippen LogP contribution >= 0.6 is 0 Å². The highest BCUT2D eigenvalue weighted by atomic mass is 16.7. The number of nitrogens with zero attached hydrogens (tertiary/aromatic N) is 1. The zero-order valence-corrected chi connectivity index (χ0v) is 10.8. The van der Waals surface area contributed by atoms with Crippen LogP contribution in [0.4, 0.5) is 0 Å². The van der Waals surface area contributed by atoms with Crippen LogP contribution < -0.4 is 5.32 Å². The minimum Gasteiger partial charge on any atom is -0.379 e. The van der Waals surface area contributed by atoms with Gasteiger partial charge in [0.15, 0.2) is 0 Å². The summed E-state index contributed by atoms with van der Waals surface area (Å²) in [6, 6.07) is 9.79. The minimum absolute atomic E-state index is 0.0981. The van der Waals surface area contributed by atoms with E-state index in [-0.39, 0.29) is 5.91 Å². The summed E-state index contributed by atoms with van der Waals surface area (Å²) in [6.07, 6.45) is 1.42. The molecule has 96 valence electrons. The second-order valence-corrected chi connectivity index (χ2v) is 4.66. The molecule has 1 amide bonds. The van der Waals surface area contributed by atoms with Crippen LogP contribution in [-0.2, 0) is 9.63 Å². The fraction of sp³-hybridized carbons (Fsp3) is 0.429. The van der Waals surface area contributed by atoms with Crippen molar-refractivity contribution in [3.63, 3.8) is 0 Å². The number of benzene rings is 1. The molecule has 1 aliphatic heterocycles. The lowest BCUT2D eigenvalue weighted by molar-refractivity contribution is -0.141. The fourth-order valence-electron chi connectivity index (χ4n) is 1.87. The van der Waals surface area contributed by atoms with Gasteiger partial charge in [0.25, 0.3) is 5.91 Å². The van der Waals surface area contributed by atoms with Crippen molar-refractivity contribution in [2.24, 2.45) is 5.16 Å². The SMILES string of the molecule is CCCNC(=O)[C@]1(C)CC(c2ccccc2)=NO1. The molecular weight excluding hydrogens is 228 g/mol. The maximum atomic E-state index is 12.0. The van der Waals surface area contributed by atoms with Crippen molar-refractivity contribution in [2.75, 3.05) is 6.54 Å². The third kappa shape index (κ3) is 2.53. The quantitative estimate of drug-likeness (QED) is 0.884. The molecule has 0 bridgehead atoms. The van der Waals surface area contributed by atoms with Gasteiger partial charge in [-0.25, -0.2) is 0 Å². The molecule has 1 heterocycles. The van der Waals surface area contributed by atoms with Gasteiger partial charge in [0.05, 0.1) is 5.71 Å². The summed E-state index contributed by atoms with van der Waals surface area (Å²) in [7, 11) is 0. The van der Waals surface area contributed by atoms with Crippen LogP contribution in [-0.4, -0.2) is 23.8 Å². The standard InChI is InChI=1S/C14H18N2O2/c1-3-9-15-13(17)14(2)10-12(16-18-14)11-7-5-4-6-8-11/h4-8H,3,9-10H2,1-2H3,(H,15,17)/t14-/m0/s1. The Morgan fingerprint density at radius 2 is 2.17 bits per heavy atom. The van der Waals surface area contributed by atoms with Crippen molar-refractivity contribution in [3.8, 4) is 0 Å². The monoisotopic (exact) mass is 246 g/mol. The molecule has 0 fully saturated rings. The van der Waals surface area contributed by atoms with E-state index in [0.717, 1.165) is 17.7 Å². The van der Waals surface area contributed by atoms with Crippen LogP contribution in [0, 0.1) is 0 Å². The molecule has 0 radical (unpaired) electrons. The molecule has 1 N–H and O–H groups in total. The lowest BCUT2D eigenvalue weighted by Gasteiger charge is -2.20. The zero-order chi connectivity index (χ0) is 13.0. The summed E-state index contributed by atoms with van der Waals surface area (Å²) in [4.78, 5) is 17.3. The molecule has 4 heteroatoms. The minimum atomic E-state index is -0.875. The zero-order valence-electron chi connectivity index (χ0n) is 10.8. The second kappa shape index (κ2) is 5.21. The van der Waals surface area contributed by atoms with Gasteiger partial charge in [0.1, 0.15) is 0 Å². The molecule has 0 aliphatic carbocycles. The molecule has 1 aliphatic rings. The Bertz CT molecular complexity index is 456. The van der Waals surface area contributed by atoms with Gasteiger partial charge in [-0.1, -0.05) is 42.4 Å². The molecule has 1 aromatic carbocycles. The molecule has 2 rings (SSSR count). The molecule has 0 spiro atoms. The molecule has 4 nitrogen and oxygen atoms in total. The van der Waals surface area contributed by atoms with Crippen molar-refractivity contribution in [2.45, 2.75) is 32.3 Å². The van der Waals surface area contributed by atoms with Crippen molar-refractivity contribution in [1.29, 1.82) is 0 Å². The summed E-state index contributed by atoms with van der Waals surface area (Å²) in [5.74, 6) is -0.0981. The molecular formula is C14H18N2O2. The Hall–Kier alpha value is -1.84. The van der Waals surface area contributed by atoms with Crippen LogP contribution in [0.5, 0.6) is 0 Å². The van der Waals surface area contributed by atoms with E-state index < -0.39 is 5.60 Å². The number of amides is 1. The van der Waals surface area contributed by atoms with Crippen LogP contribution in [0.3, 0.4) is 0 Å². The Kier molecular flexibility index (Phi) is 3.65. The maximum Gasteiger partial charge on any atom is 0.267 e.